The maximum absolute atomic E-state index is 5.64. The van der Waals surface area contributed by atoms with Gasteiger partial charge in [-0.3, -0.25) is 11.3 Å². The first-order valence-corrected chi connectivity index (χ1v) is 6.07. The summed E-state index contributed by atoms with van der Waals surface area (Å²) in [5, 5.41) is 0. The van der Waals surface area contributed by atoms with Crippen LogP contribution in [-0.4, -0.2) is 0 Å². The molecule has 0 saturated heterocycles. The molecule has 1 atom stereocenters. The number of hydrogen-bond acceptors (Lipinski definition) is 2. The van der Waals surface area contributed by atoms with Gasteiger partial charge in [0.1, 0.15) is 0 Å². The van der Waals surface area contributed by atoms with E-state index < -0.39 is 0 Å². The van der Waals surface area contributed by atoms with Crippen LogP contribution in [0.25, 0.3) is 0 Å². The molecular weight excluding hydrogens is 196 g/mol. The van der Waals surface area contributed by atoms with E-state index in [0.29, 0.717) is 0 Å². The highest BCUT2D eigenvalue weighted by Crippen LogP contribution is 2.22. The fourth-order valence-corrected chi connectivity index (χ4v) is 2.06. The van der Waals surface area contributed by atoms with E-state index in [9.17, 15) is 0 Å². The maximum Gasteiger partial charge on any atom is 0.0460 e. The summed E-state index contributed by atoms with van der Waals surface area (Å²) in [6.45, 7) is 8.75. The molecular formula is C14H24N2. The molecule has 0 saturated carbocycles. The molecule has 0 radical (unpaired) electrons. The lowest BCUT2D eigenvalue weighted by atomic mass is 9.96. The van der Waals surface area contributed by atoms with Crippen LogP contribution in [0.3, 0.4) is 0 Å². The molecule has 2 heteroatoms. The van der Waals surface area contributed by atoms with Crippen LogP contribution in [0.5, 0.6) is 0 Å². The van der Waals surface area contributed by atoms with E-state index in [4.69, 9.17) is 5.84 Å². The third-order valence-electron chi connectivity index (χ3n) is 2.88. The first-order chi connectivity index (χ1) is 7.52. The number of aryl methyl sites for hydroxylation is 2. The summed E-state index contributed by atoms with van der Waals surface area (Å²) in [6, 6.07) is 6.91. The Hall–Kier alpha value is -0.860. The fourth-order valence-electron chi connectivity index (χ4n) is 2.06. The summed E-state index contributed by atoms with van der Waals surface area (Å²) >= 11 is 0. The van der Waals surface area contributed by atoms with E-state index >= 15 is 0 Å². The van der Waals surface area contributed by atoms with Crippen molar-refractivity contribution in [2.45, 2.75) is 46.6 Å². The van der Waals surface area contributed by atoms with Gasteiger partial charge in [0.15, 0.2) is 0 Å². The monoisotopic (exact) mass is 220 g/mol. The Morgan fingerprint density at radius 1 is 1.06 bits per heavy atom. The van der Waals surface area contributed by atoms with Gasteiger partial charge >= 0.3 is 0 Å². The number of benzene rings is 1. The zero-order valence-electron chi connectivity index (χ0n) is 10.9. The summed E-state index contributed by atoms with van der Waals surface area (Å²) < 4.78 is 0. The topological polar surface area (TPSA) is 38.0 Å². The van der Waals surface area contributed by atoms with Crippen LogP contribution in [0.2, 0.25) is 0 Å². The zero-order valence-corrected chi connectivity index (χ0v) is 10.9. The van der Waals surface area contributed by atoms with Gasteiger partial charge in [0.2, 0.25) is 0 Å². The lowest BCUT2D eigenvalue weighted by molar-refractivity contribution is 0.448. The van der Waals surface area contributed by atoms with Crippen molar-refractivity contribution in [3.8, 4) is 0 Å². The van der Waals surface area contributed by atoms with Crippen molar-refractivity contribution in [1.82, 2.24) is 5.43 Å². The molecule has 1 unspecified atom stereocenters. The van der Waals surface area contributed by atoms with Crippen LogP contribution in [0, 0.1) is 19.8 Å². The van der Waals surface area contributed by atoms with Crippen molar-refractivity contribution in [3.05, 3.63) is 34.9 Å². The fraction of sp³-hybridized carbons (Fsp3) is 0.571. The average molecular weight is 220 g/mol. The summed E-state index contributed by atoms with van der Waals surface area (Å²) in [4.78, 5) is 0. The minimum Gasteiger partial charge on any atom is -0.271 e. The molecule has 1 rings (SSSR count). The number of rotatable bonds is 5. The second-order valence-corrected chi connectivity index (χ2v) is 5.11. The minimum absolute atomic E-state index is 0.279. The van der Waals surface area contributed by atoms with Gasteiger partial charge in [-0.2, -0.15) is 0 Å². The van der Waals surface area contributed by atoms with Gasteiger partial charge in [-0.1, -0.05) is 43.2 Å². The largest absolute Gasteiger partial charge is 0.271 e. The molecule has 0 aromatic heterocycles. The summed E-state index contributed by atoms with van der Waals surface area (Å²) in [6.07, 6.45) is 2.29. The van der Waals surface area contributed by atoms with Crippen LogP contribution in [-0.2, 0) is 0 Å². The number of nitrogens with one attached hydrogen (secondary N) is 1. The lowest BCUT2D eigenvalue weighted by Gasteiger charge is -2.18. The molecule has 0 heterocycles. The molecule has 0 fully saturated rings. The van der Waals surface area contributed by atoms with Crippen molar-refractivity contribution in [2.24, 2.45) is 11.8 Å². The van der Waals surface area contributed by atoms with Crippen molar-refractivity contribution >= 4 is 0 Å². The van der Waals surface area contributed by atoms with Gasteiger partial charge in [0.05, 0.1) is 0 Å². The van der Waals surface area contributed by atoms with Crippen LogP contribution >= 0.6 is 0 Å². The molecule has 0 spiro atoms. The van der Waals surface area contributed by atoms with Crippen molar-refractivity contribution in [2.75, 3.05) is 0 Å². The molecule has 0 aliphatic carbocycles. The number of hydrazine groups is 1. The highest BCUT2D eigenvalue weighted by Gasteiger charge is 2.10. The third kappa shape index (κ3) is 3.95. The molecule has 90 valence electrons. The van der Waals surface area contributed by atoms with Crippen LogP contribution < -0.4 is 11.3 Å². The second kappa shape index (κ2) is 6.02. The van der Waals surface area contributed by atoms with Gasteiger partial charge in [-0.05, 0) is 38.2 Å². The summed E-state index contributed by atoms with van der Waals surface area (Å²) in [5.41, 5.74) is 6.85. The van der Waals surface area contributed by atoms with Gasteiger partial charge in [-0.25, -0.2) is 0 Å². The van der Waals surface area contributed by atoms with E-state index in [1.54, 1.807) is 0 Å². The Morgan fingerprint density at radius 3 is 2.06 bits per heavy atom. The molecule has 1 aromatic rings. The van der Waals surface area contributed by atoms with E-state index in [1.165, 1.54) is 23.1 Å². The predicted molar refractivity (Wildman–Crippen MR) is 70.1 cm³/mol. The van der Waals surface area contributed by atoms with E-state index in [-0.39, 0.29) is 6.04 Å². The molecule has 0 amide bonds. The maximum atomic E-state index is 5.64. The standard InChI is InChI=1S/C14H24N2/c1-10(2)5-6-14(16-15)13-8-11(3)7-12(4)9-13/h7-10,14,16H,5-6,15H2,1-4H3. The van der Waals surface area contributed by atoms with Crippen LogP contribution in [0.15, 0.2) is 18.2 Å². The molecule has 0 aliphatic heterocycles. The molecule has 16 heavy (non-hydrogen) atoms. The summed E-state index contributed by atoms with van der Waals surface area (Å²) in [5.74, 6) is 6.37. The Bertz CT molecular complexity index is 311. The summed E-state index contributed by atoms with van der Waals surface area (Å²) in [7, 11) is 0. The van der Waals surface area contributed by atoms with Crippen LogP contribution in [0.1, 0.15) is 49.4 Å². The number of hydrogen-bond donors (Lipinski definition) is 2. The molecule has 0 aliphatic rings. The average Bonchev–Trinajstić information content (AvgIpc) is 2.16. The van der Waals surface area contributed by atoms with Crippen molar-refractivity contribution < 1.29 is 0 Å². The smallest absolute Gasteiger partial charge is 0.0460 e. The quantitative estimate of drug-likeness (QED) is 0.590. The van der Waals surface area contributed by atoms with Crippen molar-refractivity contribution in [3.63, 3.8) is 0 Å². The predicted octanol–water partition coefficient (Wildman–Crippen LogP) is 3.24. The third-order valence-corrected chi connectivity index (χ3v) is 2.88. The Labute approximate surface area is 99.2 Å². The van der Waals surface area contributed by atoms with Gasteiger partial charge in [-0.15, -0.1) is 0 Å². The van der Waals surface area contributed by atoms with E-state index in [1.807, 2.05) is 0 Å². The Morgan fingerprint density at radius 2 is 1.62 bits per heavy atom. The Balaban J connectivity index is 2.78. The zero-order chi connectivity index (χ0) is 12.1. The second-order valence-electron chi connectivity index (χ2n) is 5.11. The van der Waals surface area contributed by atoms with Gasteiger partial charge < -0.3 is 0 Å². The highest BCUT2D eigenvalue weighted by atomic mass is 15.2. The SMILES string of the molecule is Cc1cc(C)cc(C(CCC(C)C)NN)c1. The van der Waals surface area contributed by atoms with Gasteiger partial charge in [0.25, 0.3) is 0 Å². The first-order valence-electron chi connectivity index (χ1n) is 6.07. The number of nitrogens with two attached hydrogens (primary N) is 1. The molecule has 3 N–H and O–H groups in total. The van der Waals surface area contributed by atoms with E-state index in [0.717, 1.165) is 12.3 Å². The minimum atomic E-state index is 0.279. The van der Waals surface area contributed by atoms with E-state index in [2.05, 4.69) is 51.3 Å². The first kappa shape index (κ1) is 13.2. The highest BCUT2D eigenvalue weighted by molar-refractivity contribution is 5.30. The Kier molecular flexibility index (Phi) is 4.97. The molecule has 0 bridgehead atoms. The van der Waals surface area contributed by atoms with Gasteiger partial charge in [0, 0.05) is 6.04 Å². The van der Waals surface area contributed by atoms with Crippen molar-refractivity contribution in [1.29, 1.82) is 0 Å². The molecule has 2 nitrogen and oxygen atoms in total. The normalized spacial score (nSPS) is 13.1. The lowest BCUT2D eigenvalue weighted by Crippen LogP contribution is -2.28. The molecule has 1 aromatic carbocycles. The van der Waals surface area contributed by atoms with Crippen LogP contribution in [0.4, 0.5) is 0 Å².